The number of rotatable bonds is 6. The molecule has 1 aliphatic rings. The second kappa shape index (κ2) is 8.17. The molecular formula is C22H15F2N3O5S. The lowest BCUT2D eigenvalue weighted by molar-refractivity contribution is 0.174. The molecule has 1 N–H and O–H groups in total. The van der Waals surface area contributed by atoms with Crippen molar-refractivity contribution < 1.29 is 31.1 Å². The summed E-state index contributed by atoms with van der Waals surface area (Å²) in [5.74, 6) is -0.520. The molecule has 1 aromatic heterocycles. The van der Waals surface area contributed by atoms with E-state index in [-0.39, 0.29) is 18.4 Å². The van der Waals surface area contributed by atoms with Crippen LogP contribution in [0.5, 0.6) is 11.5 Å². The van der Waals surface area contributed by atoms with Gasteiger partial charge in [-0.3, -0.25) is 4.72 Å². The first kappa shape index (κ1) is 20.9. The molecular weight excluding hydrogens is 456 g/mol. The van der Waals surface area contributed by atoms with E-state index in [0.29, 0.717) is 35.4 Å². The van der Waals surface area contributed by atoms with Crippen molar-refractivity contribution in [2.75, 3.05) is 11.5 Å². The number of ether oxygens (including phenoxy) is 2. The van der Waals surface area contributed by atoms with Gasteiger partial charge in [0.05, 0.1) is 11.3 Å². The van der Waals surface area contributed by atoms with Crippen LogP contribution in [0.1, 0.15) is 11.5 Å². The zero-order valence-electron chi connectivity index (χ0n) is 16.8. The largest absolute Gasteiger partial charge is 0.454 e. The zero-order valence-corrected chi connectivity index (χ0v) is 17.6. The third-order valence-corrected chi connectivity index (χ3v) is 6.20. The van der Waals surface area contributed by atoms with Crippen molar-refractivity contribution in [2.45, 2.75) is 11.3 Å². The second-order valence-electron chi connectivity index (χ2n) is 7.13. The van der Waals surface area contributed by atoms with Crippen molar-refractivity contribution in [1.82, 2.24) is 10.2 Å². The highest BCUT2D eigenvalue weighted by atomic mass is 32.2. The van der Waals surface area contributed by atoms with Gasteiger partial charge in [-0.1, -0.05) is 12.1 Å². The highest BCUT2D eigenvalue weighted by molar-refractivity contribution is 7.92. The van der Waals surface area contributed by atoms with E-state index in [4.69, 9.17) is 13.9 Å². The van der Waals surface area contributed by atoms with Crippen molar-refractivity contribution in [3.8, 4) is 23.0 Å². The van der Waals surface area contributed by atoms with Gasteiger partial charge in [-0.15, -0.1) is 10.2 Å². The van der Waals surface area contributed by atoms with Crippen molar-refractivity contribution >= 4 is 15.7 Å². The summed E-state index contributed by atoms with van der Waals surface area (Å²) in [7, 11) is -4.14. The zero-order chi connectivity index (χ0) is 23.0. The number of fused-ring (bicyclic) bond motifs is 1. The molecule has 0 unspecified atom stereocenters. The molecule has 0 saturated carbocycles. The monoisotopic (exact) mass is 471 g/mol. The minimum Gasteiger partial charge on any atom is -0.454 e. The van der Waals surface area contributed by atoms with E-state index in [2.05, 4.69) is 14.9 Å². The number of benzene rings is 3. The molecule has 3 aromatic carbocycles. The molecule has 11 heteroatoms. The molecule has 0 atom stereocenters. The number of hydrogen-bond acceptors (Lipinski definition) is 7. The average Bonchev–Trinajstić information content (AvgIpc) is 3.45. The van der Waals surface area contributed by atoms with Gasteiger partial charge in [-0.25, -0.2) is 17.2 Å². The lowest BCUT2D eigenvalue weighted by Crippen LogP contribution is -2.13. The quantitative estimate of drug-likeness (QED) is 0.451. The Labute approximate surface area is 186 Å². The number of nitrogens with one attached hydrogen (secondary N) is 1. The molecule has 0 radical (unpaired) electrons. The lowest BCUT2D eigenvalue weighted by Gasteiger charge is -2.09. The van der Waals surface area contributed by atoms with Crippen LogP contribution < -0.4 is 14.2 Å². The van der Waals surface area contributed by atoms with Crippen LogP contribution >= 0.6 is 0 Å². The number of nitrogens with zero attached hydrogens (tertiary/aromatic N) is 2. The lowest BCUT2D eigenvalue weighted by atomic mass is 10.1. The predicted octanol–water partition coefficient (Wildman–Crippen LogP) is 4.14. The predicted molar refractivity (Wildman–Crippen MR) is 112 cm³/mol. The smallest absolute Gasteiger partial charge is 0.261 e. The van der Waals surface area contributed by atoms with Gasteiger partial charge in [0.1, 0.15) is 0 Å². The topological polar surface area (TPSA) is 104 Å². The number of halogens is 2. The maximum Gasteiger partial charge on any atom is 0.261 e. The van der Waals surface area contributed by atoms with Crippen LogP contribution in [0.15, 0.2) is 70.0 Å². The molecule has 1 aliphatic heterocycles. The van der Waals surface area contributed by atoms with E-state index in [1.165, 1.54) is 12.1 Å². The number of anilines is 1. The van der Waals surface area contributed by atoms with Gasteiger partial charge in [-0.05, 0) is 54.1 Å². The molecule has 5 rings (SSSR count). The van der Waals surface area contributed by atoms with Gasteiger partial charge >= 0.3 is 0 Å². The minimum absolute atomic E-state index is 0.180. The summed E-state index contributed by atoms with van der Waals surface area (Å²) in [6.07, 6.45) is 0.367. The summed E-state index contributed by atoms with van der Waals surface area (Å²) in [4.78, 5) is -0.407. The summed E-state index contributed by atoms with van der Waals surface area (Å²) in [6, 6.07) is 14.1. The fourth-order valence-corrected chi connectivity index (χ4v) is 4.30. The Balaban J connectivity index is 1.34. The second-order valence-corrected chi connectivity index (χ2v) is 8.81. The molecule has 0 fully saturated rings. The number of sulfonamides is 1. The molecule has 0 saturated heterocycles. The first-order valence-corrected chi connectivity index (χ1v) is 11.1. The molecule has 4 aromatic rings. The van der Waals surface area contributed by atoms with Crippen LogP contribution in [0.4, 0.5) is 14.5 Å². The Morgan fingerprint density at radius 1 is 0.909 bits per heavy atom. The first-order chi connectivity index (χ1) is 15.9. The van der Waals surface area contributed by atoms with Crippen molar-refractivity contribution in [2.24, 2.45) is 0 Å². The molecule has 0 amide bonds. The Hall–Kier alpha value is -3.99. The van der Waals surface area contributed by atoms with E-state index >= 15 is 0 Å². The molecule has 0 bridgehead atoms. The fraction of sp³-hybridized carbons (Fsp3) is 0.0909. The summed E-state index contributed by atoms with van der Waals surface area (Å²) in [6.45, 7) is 0.180. The summed E-state index contributed by atoms with van der Waals surface area (Å²) in [5, 5.41) is 8.08. The molecule has 168 valence electrons. The van der Waals surface area contributed by atoms with E-state index < -0.39 is 26.6 Å². The van der Waals surface area contributed by atoms with Gasteiger partial charge in [-0.2, -0.15) is 0 Å². The van der Waals surface area contributed by atoms with Gasteiger partial charge in [0, 0.05) is 11.3 Å². The number of hydrogen-bond donors (Lipinski definition) is 1. The summed E-state index contributed by atoms with van der Waals surface area (Å²) < 4.78 is 70.4. The molecule has 0 spiro atoms. The molecule has 8 nitrogen and oxygen atoms in total. The summed E-state index contributed by atoms with van der Waals surface area (Å²) >= 11 is 0. The SMILES string of the molecule is O=S(=O)(Nc1cccc(-c2nnc(Cc3ccc4c(c3)OCO4)o2)c1)c1ccc(F)c(F)c1. The van der Waals surface area contributed by atoms with Crippen LogP contribution in [0.3, 0.4) is 0 Å². The highest BCUT2D eigenvalue weighted by Gasteiger charge is 2.18. The van der Waals surface area contributed by atoms with Crippen LogP contribution in [0, 0.1) is 11.6 Å². The van der Waals surface area contributed by atoms with Crippen LogP contribution in [0.2, 0.25) is 0 Å². The maximum absolute atomic E-state index is 13.4. The van der Waals surface area contributed by atoms with E-state index in [0.717, 1.165) is 17.7 Å². The van der Waals surface area contributed by atoms with Gasteiger partial charge in [0.2, 0.25) is 18.6 Å². The standard InChI is InChI=1S/C22H15F2N3O5S/c23-17-6-5-16(11-18(17)24)33(28,29)27-15-3-1-2-14(10-15)22-26-25-21(32-22)9-13-4-7-19-20(8-13)31-12-30-19/h1-8,10-11,27H,9,12H2. The normalized spacial score (nSPS) is 12.7. The Morgan fingerprint density at radius 2 is 1.76 bits per heavy atom. The van der Waals surface area contributed by atoms with E-state index in [9.17, 15) is 17.2 Å². The molecule has 0 aliphatic carbocycles. The van der Waals surface area contributed by atoms with Gasteiger partial charge < -0.3 is 13.9 Å². The van der Waals surface area contributed by atoms with Gasteiger partial charge in [0.15, 0.2) is 23.1 Å². The third-order valence-electron chi connectivity index (χ3n) is 4.82. The van der Waals surface area contributed by atoms with Crippen LogP contribution in [-0.2, 0) is 16.4 Å². The summed E-state index contributed by atoms with van der Waals surface area (Å²) in [5.41, 5.74) is 1.56. The Morgan fingerprint density at radius 3 is 2.61 bits per heavy atom. The average molecular weight is 471 g/mol. The Bertz CT molecular complexity index is 1460. The number of aromatic nitrogens is 2. The first-order valence-electron chi connectivity index (χ1n) is 9.67. The van der Waals surface area contributed by atoms with E-state index in [1.807, 2.05) is 12.1 Å². The van der Waals surface area contributed by atoms with Crippen molar-refractivity contribution in [1.29, 1.82) is 0 Å². The maximum atomic E-state index is 13.4. The highest BCUT2D eigenvalue weighted by Crippen LogP contribution is 2.33. The van der Waals surface area contributed by atoms with Crippen molar-refractivity contribution in [3.63, 3.8) is 0 Å². The van der Waals surface area contributed by atoms with Crippen LogP contribution in [0.25, 0.3) is 11.5 Å². The minimum atomic E-state index is -4.14. The Kier molecular flexibility index (Phi) is 5.17. The van der Waals surface area contributed by atoms with Gasteiger partial charge in [0.25, 0.3) is 10.0 Å². The van der Waals surface area contributed by atoms with Crippen LogP contribution in [-0.4, -0.2) is 25.4 Å². The van der Waals surface area contributed by atoms with Crippen molar-refractivity contribution in [3.05, 3.63) is 83.8 Å². The molecule has 2 heterocycles. The third kappa shape index (κ3) is 4.35. The fourth-order valence-electron chi connectivity index (χ4n) is 3.24. The van der Waals surface area contributed by atoms with E-state index in [1.54, 1.807) is 18.2 Å². The molecule has 33 heavy (non-hydrogen) atoms.